The van der Waals surface area contributed by atoms with Crippen LogP contribution in [0.4, 0.5) is 0 Å². The van der Waals surface area contributed by atoms with Gasteiger partial charge in [0.15, 0.2) is 5.82 Å². The van der Waals surface area contributed by atoms with Crippen molar-refractivity contribution in [2.75, 3.05) is 17.3 Å². The molecular weight excluding hydrogens is 232 g/mol. The fourth-order valence-corrected chi connectivity index (χ4v) is 3.96. The Bertz CT molecular complexity index is 311. The van der Waals surface area contributed by atoms with Crippen molar-refractivity contribution in [2.24, 2.45) is 0 Å². The van der Waals surface area contributed by atoms with Gasteiger partial charge in [-0.05, 0) is 6.92 Å². The van der Waals surface area contributed by atoms with E-state index in [1.807, 2.05) is 23.5 Å². The molecule has 1 aliphatic rings. The summed E-state index contributed by atoms with van der Waals surface area (Å²) in [6.45, 7) is 1.72. The highest BCUT2D eigenvalue weighted by molar-refractivity contribution is 8.06. The van der Waals surface area contributed by atoms with Gasteiger partial charge >= 0.3 is 0 Å². The molecule has 15 heavy (non-hydrogen) atoms. The highest BCUT2D eigenvalue weighted by Crippen LogP contribution is 2.35. The first kappa shape index (κ1) is 11.3. The topological polar surface area (TPSA) is 59.2 Å². The number of aliphatic hydroxyl groups is 1. The van der Waals surface area contributed by atoms with Crippen LogP contribution in [0.3, 0.4) is 0 Å². The lowest BCUT2D eigenvalue weighted by Gasteiger charge is -2.16. The monoisotopic (exact) mass is 246 g/mol. The number of rotatable bonds is 3. The van der Waals surface area contributed by atoms with Gasteiger partial charge in [0.25, 0.3) is 0 Å². The lowest BCUT2D eigenvalue weighted by atomic mass is 10.3. The molecule has 84 valence electrons. The maximum atomic E-state index is 9.19. The Morgan fingerprint density at radius 1 is 1.60 bits per heavy atom. The summed E-state index contributed by atoms with van der Waals surface area (Å²) < 4.78 is 5.08. The van der Waals surface area contributed by atoms with Crippen LogP contribution in [-0.4, -0.2) is 38.6 Å². The second-order valence-electron chi connectivity index (χ2n) is 3.53. The van der Waals surface area contributed by atoms with E-state index in [1.54, 1.807) is 6.92 Å². The molecule has 0 aliphatic carbocycles. The van der Waals surface area contributed by atoms with E-state index in [1.165, 1.54) is 5.75 Å². The van der Waals surface area contributed by atoms with Gasteiger partial charge in [-0.25, -0.2) is 0 Å². The molecule has 4 nitrogen and oxygen atoms in total. The molecule has 2 unspecified atom stereocenters. The lowest BCUT2D eigenvalue weighted by Crippen LogP contribution is -2.08. The number of aliphatic hydroxyl groups excluding tert-OH is 1. The molecule has 1 N–H and O–H groups in total. The second-order valence-corrected chi connectivity index (χ2v) is 5.99. The van der Waals surface area contributed by atoms with Crippen LogP contribution in [0.25, 0.3) is 0 Å². The van der Waals surface area contributed by atoms with Gasteiger partial charge < -0.3 is 9.63 Å². The molecule has 6 heteroatoms. The van der Waals surface area contributed by atoms with E-state index in [2.05, 4.69) is 10.1 Å². The first-order valence-corrected chi connectivity index (χ1v) is 7.16. The summed E-state index contributed by atoms with van der Waals surface area (Å²) in [4.78, 5) is 4.30. The summed E-state index contributed by atoms with van der Waals surface area (Å²) >= 11 is 3.81. The third-order valence-corrected chi connectivity index (χ3v) is 4.81. The summed E-state index contributed by atoms with van der Waals surface area (Å²) in [6.07, 6.45) is 0.0176. The van der Waals surface area contributed by atoms with Crippen molar-refractivity contribution in [1.29, 1.82) is 0 Å². The Morgan fingerprint density at radius 3 is 3.13 bits per heavy atom. The molecule has 0 amide bonds. The molecule has 0 saturated carbocycles. The van der Waals surface area contributed by atoms with Crippen molar-refractivity contribution < 1.29 is 9.63 Å². The number of nitrogens with zero attached hydrogens (tertiary/aromatic N) is 2. The smallest absolute Gasteiger partial charge is 0.229 e. The number of hydrogen-bond acceptors (Lipinski definition) is 6. The van der Waals surface area contributed by atoms with Gasteiger partial charge in [-0.15, -0.1) is 11.8 Å². The van der Waals surface area contributed by atoms with Crippen LogP contribution < -0.4 is 0 Å². The Kier molecular flexibility index (Phi) is 3.93. The molecular formula is C9H14N2O2S2. The van der Waals surface area contributed by atoms with Gasteiger partial charge in [-0.1, -0.05) is 5.16 Å². The van der Waals surface area contributed by atoms with E-state index in [0.717, 1.165) is 17.3 Å². The minimum atomic E-state index is -0.424. The fourth-order valence-electron chi connectivity index (χ4n) is 1.37. The SMILES string of the molecule is CC(O)Cc1nc(C2CSCCS2)no1. The molecule has 0 bridgehead atoms. The Balaban J connectivity index is 1.99. The quantitative estimate of drug-likeness (QED) is 0.872. The minimum Gasteiger partial charge on any atom is -0.393 e. The average molecular weight is 246 g/mol. The first-order valence-electron chi connectivity index (χ1n) is 4.95. The molecule has 0 aromatic carbocycles. The van der Waals surface area contributed by atoms with E-state index >= 15 is 0 Å². The summed E-state index contributed by atoms with van der Waals surface area (Å²) in [5.74, 6) is 4.73. The van der Waals surface area contributed by atoms with Gasteiger partial charge in [-0.3, -0.25) is 0 Å². The van der Waals surface area contributed by atoms with Gasteiger partial charge in [0.05, 0.1) is 17.8 Å². The molecule has 2 atom stereocenters. The molecule has 0 radical (unpaired) electrons. The highest BCUT2D eigenvalue weighted by Gasteiger charge is 2.22. The summed E-state index contributed by atoms with van der Waals surface area (Å²) in [5, 5.41) is 13.5. The summed E-state index contributed by atoms with van der Waals surface area (Å²) in [6, 6.07) is 0. The van der Waals surface area contributed by atoms with Gasteiger partial charge in [-0.2, -0.15) is 16.7 Å². The average Bonchev–Trinajstić information content (AvgIpc) is 2.67. The molecule has 0 spiro atoms. The van der Waals surface area contributed by atoms with Gasteiger partial charge in [0, 0.05) is 17.3 Å². The Morgan fingerprint density at radius 2 is 2.47 bits per heavy atom. The highest BCUT2D eigenvalue weighted by atomic mass is 32.2. The molecule has 1 fully saturated rings. The molecule has 1 saturated heterocycles. The number of aromatic nitrogens is 2. The van der Waals surface area contributed by atoms with E-state index < -0.39 is 6.10 Å². The van der Waals surface area contributed by atoms with Gasteiger partial charge in [0.2, 0.25) is 5.89 Å². The lowest BCUT2D eigenvalue weighted by molar-refractivity contribution is 0.181. The molecule has 1 aromatic rings. The standard InChI is InChI=1S/C9H14N2O2S2/c1-6(12)4-8-10-9(11-13-8)7-5-14-2-3-15-7/h6-7,12H,2-5H2,1H3. The number of hydrogen-bond donors (Lipinski definition) is 1. The van der Waals surface area contributed by atoms with E-state index in [-0.39, 0.29) is 0 Å². The Labute approximate surface area is 97.2 Å². The zero-order chi connectivity index (χ0) is 10.7. The third kappa shape index (κ3) is 3.12. The molecule has 1 aromatic heterocycles. The van der Waals surface area contributed by atoms with Crippen molar-refractivity contribution in [3.63, 3.8) is 0 Å². The predicted octanol–water partition coefficient (Wildman–Crippen LogP) is 1.51. The third-order valence-electron chi connectivity index (χ3n) is 2.06. The van der Waals surface area contributed by atoms with Crippen LogP contribution in [0, 0.1) is 0 Å². The zero-order valence-corrected chi connectivity index (χ0v) is 10.2. The van der Waals surface area contributed by atoms with Crippen LogP contribution in [0.1, 0.15) is 23.9 Å². The van der Waals surface area contributed by atoms with Crippen LogP contribution >= 0.6 is 23.5 Å². The van der Waals surface area contributed by atoms with E-state index in [0.29, 0.717) is 17.6 Å². The van der Waals surface area contributed by atoms with Crippen molar-refractivity contribution in [2.45, 2.75) is 24.7 Å². The summed E-state index contributed by atoms with van der Waals surface area (Å²) in [7, 11) is 0. The molecule has 2 rings (SSSR count). The maximum Gasteiger partial charge on any atom is 0.229 e. The molecule has 2 heterocycles. The van der Waals surface area contributed by atoms with E-state index in [9.17, 15) is 5.11 Å². The van der Waals surface area contributed by atoms with Crippen LogP contribution in [0.2, 0.25) is 0 Å². The van der Waals surface area contributed by atoms with Crippen LogP contribution in [0.15, 0.2) is 4.52 Å². The first-order chi connectivity index (χ1) is 7.25. The van der Waals surface area contributed by atoms with Crippen molar-refractivity contribution in [3.8, 4) is 0 Å². The fraction of sp³-hybridized carbons (Fsp3) is 0.778. The second kappa shape index (κ2) is 5.23. The summed E-state index contributed by atoms with van der Waals surface area (Å²) in [5.41, 5.74) is 0. The predicted molar refractivity (Wildman–Crippen MR) is 62.2 cm³/mol. The van der Waals surface area contributed by atoms with Gasteiger partial charge in [0.1, 0.15) is 0 Å². The maximum absolute atomic E-state index is 9.19. The van der Waals surface area contributed by atoms with Crippen LogP contribution in [-0.2, 0) is 6.42 Å². The van der Waals surface area contributed by atoms with E-state index in [4.69, 9.17) is 4.52 Å². The van der Waals surface area contributed by atoms with Crippen LogP contribution in [0.5, 0.6) is 0 Å². The molecule has 1 aliphatic heterocycles. The normalized spacial score (nSPS) is 24.0. The van der Waals surface area contributed by atoms with Crippen molar-refractivity contribution in [3.05, 3.63) is 11.7 Å². The zero-order valence-electron chi connectivity index (χ0n) is 8.55. The number of thioether (sulfide) groups is 2. The minimum absolute atomic E-state index is 0.357. The van der Waals surface area contributed by atoms with Crippen molar-refractivity contribution >= 4 is 23.5 Å². The van der Waals surface area contributed by atoms with Crippen molar-refractivity contribution in [1.82, 2.24) is 10.1 Å². The Hall–Kier alpha value is -0.200. The largest absolute Gasteiger partial charge is 0.393 e.